The van der Waals surface area contributed by atoms with Crippen molar-refractivity contribution in [2.75, 3.05) is 7.05 Å². The van der Waals surface area contributed by atoms with E-state index in [1.807, 2.05) is 38.1 Å². The quantitative estimate of drug-likeness (QED) is 0.745. The van der Waals surface area contributed by atoms with Crippen molar-refractivity contribution < 1.29 is 9.53 Å². The fraction of sp³-hybridized carbons (Fsp3) is 0.500. The maximum atomic E-state index is 11.8. The van der Waals surface area contributed by atoms with E-state index in [4.69, 9.17) is 10.5 Å². The molecular formula is C14H22N2O2. The second-order valence-corrected chi connectivity index (χ2v) is 4.55. The number of hydrogen-bond donors (Lipinski definition) is 2. The smallest absolute Gasteiger partial charge is 0.323 e. The van der Waals surface area contributed by atoms with Gasteiger partial charge in [0.05, 0.1) is 6.10 Å². The van der Waals surface area contributed by atoms with Gasteiger partial charge < -0.3 is 15.8 Å². The van der Waals surface area contributed by atoms with Crippen LogP contribution in [0.5, 0.6) is 0 Å². The molecule has 0 aliphatic rings. The fourth-order valence-corrected chi connectivity index (χ4v) is 1.66. The van der Waals surface area contributed by atoms with Crippen LogP contribution in [0.4, 0.5) is 0 Å². The zero-order chi connectivity index (χ0) is 13.5. The third kappa shape index (κ3) is 4.47. The molecule has 3 N–H and O–H groups in total. The van der Waals surface area contributed by atoms with E-state index in [-0.39, 0.29) is 18.1 Å². The number of nitrogens with two attached hydrogens (primary N) is 1. The molecule has 4 heteroatoms. The van der Waals surface area contributed by atoms with Gasteiger partial charge >= 0.3 is 5.97 Å². The van der Waals surface area contributed by atoms with Gasteiger partial charge in [0.1, 0.15) is 6.04 Å². The minimum atomic E-state index is -0.309. The topological polar surface area (TPSA) is 64.3 Å². The lowest BCUT2D eigenvalue weighted by molar-refractivity contribution is -0.149. The van der Waals surface area contributed by atoms with Gasteiger partial charge in [-0.2, -0.15) is 0 Å². The van der Waals surface area contributed by atoms with Crippen LogP contribution in [0.2, 0.25) is 0 Å². The Bertz CT molecular complexity index is 374. The SMILES string of the molecule is CN[C@@H](Cc1ccc(CN)cc1)C(=O)OC(C)C. The lowest BCUT2D eigenvalue weighted by Crippen LogP contribution is -2.38. The van der Waals surface area contributed by atoms with Gasteiger partial charge in [-0.3, -0.25) is 4.79 Å². The summed E-state index contributed by atoms with van der Waals surface area (Å²) in [5.74, 6) is -0.213. The zero-order valence-electron chi connectivity index (χ0n) is 11.3. The number of likely N-dealkylation sites (N-methyl/N-ethyl adjacent to an activating group) is 1. The minimum absolute atomic E-state index is 0.0898. The number of benzene rings is 1. The molecule has 0 aromatic heterocycles. The Kier molecular flexibility index (Phi) is 5.82. The second kappa shape index (κ2) is 7.13. The normalized spacial score (nSPS) is 12.5. The molecule has 1 atom stereocenters. The van der Waals surface area contributed by atoms with Crippen molar-refractivity contribution in [1.82, 2.24) is 5.32 Å². The van der Waals surface area contributed by atoms with E-state index >= 15 is 0 Å². The van der Waals surface area contributed by atoms with Crippen LogP contribution in [0.1, 0.15) is 25.0 Å². The summed E-state index contributed by atoms with van der Waals surface area (Å²) in [6.45, 7) is 4.23. The highest BCUT2D eigenvalue weighted by molar-refractivity contribution is 5.76. The number of carbonyl (C=O) groups is 1. The molecule has 0 amide bonds. The molecule has 1 aromatic rings. The average Bonchev–Trinajstić information content (AvgIpc) is 2.35. The van der Waals surface area contributed by atoms with Gasteiger partial charge in [0.15, 0.2) is 0 Å². The van der Waals surface area contributed by atoms with Crippen molar-refractivity contribution in [1.29, 1.82) is 0 Å². The molecule has 0 fully saturated rings. The van der Waals surface area contributed by atoms with E-state index in [2.05, 4.69) is 5.32 Å². The molecule has 0 aliphatic heterocycles. The standard InChI is InChI=1S/C14H22N2O2/c1-10(2)18-14(17)13(16-3)8-11-4-6-12(9-15)7-5-11/h4-7,10,13,16H,8-9,15H2,1-3H3/t13-/m0/s1. The van der Waals surface area contributed by atoms with Crippen molar-refractivity contribution >= 4 is 5.97 Å². The molecule has 18 heavy (non-hydrogen) atoms. The molecule has 0 unspecified atom stereocenters. The number of esters is 1. The maximum absolute atomic E-state index is 11.8. The Morgan fingerprint density at radius 3 is 2.28 bits per heavy atom. The highest BCUT2D eigenvalue weighted by atomic mass is 16.5. The Hall–Kier alpha value is -1.39. The molecule has 0 bridgehead atoms. The molecule has 0 aliphatic carbocycles. The van der Waals surface area contributed by atoms with Gasteiger partial charge in [-0.05, 0) is 38.4 Å². The van der Waals surface area contributed by atoms with E-state index in [9.17, 15) is 4.79 Å². The summed E-state index contributed by atoms with van der Waals surface area (Å²) in [5.41, 5.74) is 7.72. The van der Waals surface area contributed by atoms with Crippen LogP contribution >= 0.6 is 0 Å². The van der Waals surface area contributed by atoms with Crippen LogP contribution in [-0.2, 0) is 22.5 Å². The van der Waals surface area contributed by atoms with Crippen molar-refractivity contribution in [3.63, 3.8) is 0 Å². The lowest BCUT2D eigenvalue weighted by Gasteiger charge is -2.17. The number of ether oxygens (including phenoxy) is 1. The number of carbonyl (C=O) groups excluding carboxylic acids is 1. The summed E-state index contributed by atoms with van der Waals surface area (Å²) in [6.07, 6.45) is 0.528. The summed E-state index contributed by atoms with van der Waals surface area (Å²) in [7, 11) is 1.76. The number of rotatable bonds is 6. The first-order valence-electron chi connectivity index (χ1n) is 6.22. The Morgan fingerprint density at radius 1 is 1.28 bits per heavy atom. The van der Waals surface area contributed by atoms with Crippen molar-refractivity contribution in [2.45, 2.75) is 39.0 Å². The van der Waals surface area contributed by atoms with Gasteiger partial charge in [-0.25, -0.2) is 0 Å². The number of nitrogens with one attached hydrogen (secondary N) is 1. The molecule has 0 saturated carbocycles. The minimum Gasteiger partial charge on any atom is -0.462 e. The first kappa shape index (κ1) is 14.7. The molecule has 0 saturated heterocycles. The predicted molar refractivity (Wildman–Crippen MR) is 72.1 cm³/mol. The largest absolute Gasteiger partial charge is 0.462 e. The highest BCUT2D eigenvalue weighted by Gasteiger charge is 2.19. The van der Waals surface area contributed by atoms with Gasteiger partial charge in [0.2, 0.25) is 0 Å². The summed E-state index contributed by atoms with van der Waals surface area (Å²) >= 11 is 0. The lowest BCUT2D eigenvalue weighted by atomic mass is 10.0. The molecule has 1 aromatic carbocycles. The first-order valence-corrected chi connectivity index (χ1v) is 6.22. The van der Waals surface area contributed by atoms with E-state index < -0.39 is 0 Å². The molecule has 1 rings (SSSR count). The van der Waals surface area contributed by atoms with Gasteiger partial charge in [-0.15, -0.1) is 0 Å². The second-order valence-electron chi connectivity index (χ2n) is 4.55. The van der Waals surface area contributed by atoms with Crippen LogP contribution in [0.25, 0.3) is 0 Å². The molecule has 0 heterocycles. The van der Waals surface area contributed by atoms with Crippen LogP contribution in [-0.4, -0.2) is 25.2 Å². The van der Waals surface area contributed by atoms with Crippen molar-refractivity contribution in [3.05, 3.63) is 35.4 Å². The van der Waals surface area contributed by atoms with Crippen LogP contribution in [0, 0.1) is 0 Å². The third-order valence-corrected chi connectivity index (χ3v) is 2.68. The molecule has 100 valence electrons. The summed E-state index contributed by atoms with van der Waals surface area (Å²) in [6, 6.07) is 7.65. The Morgan fingerprint density at radius 2 is 1.83 bits per heavy atom. The average molecular weight is 250 g/mol. The van der Waals surface area contributed by atoms with Gasteiger partial charge in [0, 0.05) is 6.54 Å². The molecular weight excluding hydrogens is 228 g/mol. The molecule has 0 spiro atoms. The van der Waals surface area contributed by atoms with Gasteiger partial charge in [0.25, 0.3) is 0 Å². The Balaban J connectivity index is 2.64. The third-order valence-electron chi connectivity index (χ3n) is 2.68. The fourth-order valence-electron chi connectivity index (χ4n) is 1.66. The summed E-state index contributed by atoms with van der Waals surface area (Å²) < 4.78 is 5.20. The summed E-state index contributed by atoms with van der Waals surface area (Å²) in [5, 5.41) is 2.99. The predicted octanol–water partition coefficient (Wildman–Crippen LogP) is 1.23. The molecule has 4 nitrogen and oxygen atoms in total. The maximum Gasteiger partial charge on any atom is 0.323 e. The zero-order valence-corrected chi connectivity index (χ0v) is 11.3. The monoisotopic (exact) mass is 250 g/mol. The van der Waals surface area contributed by atoms with E-state index in [1.54, 1.807) is 7.05 Å². The Labute approximate surface area is 109 Å². The summed E-state index contributed by atoms with van der Waals surface area (Å²) in [4.78, 5) is 11.8. The van der Waals surface area contributed by atoms with Gasteiger partial charge in [-0.1, -0.05) is 24.3 Å². The molecule has 0 radical (unpaired) electrons. The van der Waals surface area contributed by atoms with E-state index in [0.29, 0.717) is 13.0 Å². The van der Waals surface area contributed by atoms with Crippen molar-refractivity contribution in [3.8, 4) is 0 Å². The first-order chi connectivity index (χ1) is 8.56. The van der Waals surface area contributed by atoms with E-state index in [0.717, 1.165) is 11.1 Å². The highest BCUT2D eigenvalue weighted by Crippen LogP contribution is 2.08. The number of hydrogen-bond acceptors (Lipinski definition) is 4. The van der Waals surface area contributed by atoms with Crippen LogP contribution in [0.3, 0.4) is 0 Å². The van der Waals surface area contributed by atoms with E-state index in [1.165, 1.54) is 0 Å². The van der Waals surface area contributed by atoms with Crippen molar-refractivity contribution in [2.24, 2.45) is 5.73 Å². The van der Waals surface area contributed by atoms with Crippen LogP contribution in [0.15, 0.2) is 24.3 Å². The van der Waals surface area contributed by atoms with Crippen LogP contribution < -0.4 is 11.1 Å².